The van der Waals surface area contributed by atoms with E-state index < -0.39 is 0 Å². The number of hydroxylamine groups is 1. The topological polar surface area (TPSA) is 49.6 Å². The van der Waals surface area contributed by atoms with Gasteiger partial charge < -0.3 is 9.61 Å². The van der Waals surface area contributed by atoms with Crippen molar-refractivity contribution in [2.45, 2.75) is 6.54 Å². The zero-order valence-electron chi connectivity index (χ0n) is 6.44. The molecule has 0 aliphatic carbocycles. The Kier molecular flexibility index (Phi) is 1.77. The summed E-state index contributed by atoms with van der Waals surface area (Å²) in [5.41, 5.74) is 3.78. The number of rotatable bonds is 2. The fourth-order valence-corrected chi connectivity index (χ4v) is 1.15. The molecule has 0 atom stereocenters. The van der Waals surface area contributed by atoms with E-state index in [4.69, 9.17) is 5.21 Å². The van der Waals surface area contributed by atoms with Crippen molar-refractivity contribution in [1.29, 1.82) is 0 Å². The summed E-state index contributed by atoms with van der Waals surface area (Å²) in [6.45, 7) is 0.377. The van der Waals surface area contributed by atoms with Crippen molar-refractivity contribution in [1.82, 2.24) is 14.9 Å². The van der Waals surface area contributed by atoms with Gasteiger partial charge in [-0.3, -0.25) is 0 Å². The molecule has 2 rings (SSSR count). The first-order chi connectivity index (χ1) is 5.90. The summed E-state index contributed by atoms with van der Waals surface area (Å²) < 4.78 is 1.91. The molecule has 0 fully saturated rings. The van der Waals surface area contributed by atoms with Gasteiger partial charge >= 0.3 is 0 Å². The Balaban J connectivity index is 2.47. The number of hydrogen-bond donors (Lipinski definition) is 2. The number of pyridine rings is 1. The van der Waals surface area contributed by atoms with Crippen LogP contribution in [0, 0.1) is 0 Å². The van der Waals surface area contributed by atoms with Gasteiger partial charge in [-0.15, -0.1) is 0 Å². The highest BCUT2D eigenvalue weighted by Crippen LogP contribution is 2.03. The number of aromatic nitrogens is 2. The van der Waals surface area contributed by atoms with Gasteiger partial charge in [-0.25, -0.2) is 4.98 Å². The van der Waals surface area contributed by atoms with E-state index in [0.29, 0.717) is 6.54 Å². The molecule has 0 radical (unpaired) electrons. The van der Waals surface area contributed by atoms with E-state index in [2.05, 4.69) is 10.5 Å². The van der Waals surface area contributed by atoms with E-state index in [1.54, 1.807) is 0 Å². The van der Waals surface area contributed by atoms with Crippen molar-refractivity contribution >= 4 is 5.65 Å². The molecule has 0 aliphatic rings. The Morgan fingerprint density at radius 1 is 1.50 bits per heavy atom. The molecule has 0 aliphatic heterocycles. The van der Waals surface area contributed by atoms with Gasteiger partial charge in [-0.2, -0.15) is 5.48 Å². The molecule has 2 N–H and O–H groups in total. The molecule has 0 saturated carbocycles. The average molecular weight is 163 g/mol. The maximum absolute atomic E-state index is 8.45. The van der Waals surface area contributed by atoms with E-state index in [9.17, 15) is 0 Å². The smallest absolute Gasteiger partial charge is 0.137 e. The normalized spacial score (nSPS) is 10.8. The van der Waals surface area contributed by atoms with Crippen molar-refractivity contribution in [3.63, 3.8) is 0 Å². The third-order valence-electron chi connectivity index (χ3n) is 1.67. The Morgan fingerprint density at radius 2 is 2.42 bits per heavy atom. The van der Waals surface area contributed by atoms with Gasteiger partial charge in [-0.1, -0.05) is 6.07 Å². The Labute approximate surface area is 69.4 Å². The van der Waals surface area contributed by atoms with Gasteiger partial charge in [-0.05, 0) is 12.1 Å². The number of imidazole rings is 1. The van der Waals surface area contributed by atoms with Crippen molar-refractivity contribution < 1.29 is 5.21 Å². The van der Waals surface area contributed by atoms with Gasteiger partial charge in [0.1, 0.15) is 5.65 Å². The van der Waals surface area contributed by atoms with E-state index in [0.717, 1.165) is 11.3 Å². The average Bonchev–Trinajstić information content (AvgIpc) is 2.47. The van der Waals surface area contributed by atoms with E-state index in [1.807, 2.05) is 35.0 Å². The van der Waals surface area contributed by atoms with Crippen LogP contribution in [0.4, 0.5) is 0 Å². The lowest BCUT2D eigenvalue weighted by molar-refractivity contribution is 0.160. The van der Waals surface area contributed by atoms with Gasteiger partial charge in [0.25, 0.3) is 0 Å². The lowest BCUT2D eigenvalue weighted by atomic mass is 10.5. The number of hydrogen-bond acceptors (Lipinski definition) is 3. The highest BCUT2D eigenvalue weighted by atomic mass is 16.5. The molecule has 2 aromatic heterocycles. The molecule has 4 heteroatoms. The van der Waals surface area contributed by atoms with Gasteiger partial charge in [0.05, 0.1) is 12.2 Å². The van der Waals surface area contributed by atoms with Crippen LogP contribution in [0.25, 0.3) is 5.65 Å². The highest BCUT2D eigenvalue weighted by molar-refractivity contribution is 5.39. The lowest BCUT2D eigenvalue weighted by Gasteiger charge is -1.87. The summed E-state index contributed by atoms with van der Waals surface area (Å²) in [6, 6.07) is 5.78. The van der Waals surface area contributed by atoms with Crippen molar-refractivity contribution in [3.8, 4) is 0 Å². The van der Waals surface area contributed by atoms with Crippen LogP contribution in [0.1, 0.15) is 5.69 Å². The van der Waals surface area contributed by atoms with Crippen LogP contribution in [-0.2, 0) is 6.54 Å². The standard InChI is InChI=1S/C8H9N3O/c12-9-5-7-6-11-4-2-1-3-8(11)10-7/h1-4,6,9,12H,5H2. The molecule has 0 unspecified atom stereocenters. The fraction of sp³-hybridized carbons (Fsp3) is 0.125. The largest absolute Gasteiger partial charge is 0.316 e. The molecule has 62 valence electrons. The summed E-state index contributed by atoms with van der Waals surface area (Å²) >= 11 is 0. The summed E-state index contributed by atoms with van der Waals surface area (Å²) in [7, 11) is 0. The molecule has 0 spiro atoms. The summed E-state index contributed by atoms with van der Waals surface area (Å²) in [6.07, 6.45) is 3.79. The van der Waals surface area contributed by atoms with Gasteiger partial charge in [0.2, 0.25) is 0 Å². The summed E-state index contributed by atoms with van der Waals surface area (Å²) in [5, 5.41) is 8.45. The third-order valence-corrected chi connectivity index (χ3v) is 1.67. The predicted molar refractivity (Wildman–Crippen MR) is 43.8 cm³/mol. The quantitative estimate of drug-likeness (QED) is 0.644. The third kappa shape index (κ3) is 1.17. The first-order valence-electron chi connectivity index (χ1n) is 3.70. The van der Waals surface area contributed by atoms with Gasteiger partial charge in [0.15, 0.2) is 0 Å². The zero-order valence-corrected chi connectivity index (χ0v) is 6.44. The van der Waals surface area contributed by atoms with Crippen LogP contribution < -0.4 is 5.48 Å². The van der Waals surface area contributed by atoms with Gasteiger partial charge in [0, 0.05) is 12.4 Å². The molecule has 0 amide bonds. The van der Waals surface area contributed by atoms with Crippen molar-refractivity contribution in [3.05, 3.63) is 36.3 Å². The molecular formula is C8H9N3O. The molecule has 12 heavy (non-hydrogen) atoms. The Hall–Kier alpha value is -1.39. The Bertz CT molecular complexity index is 349. The molecule has 0 aromatic carbocycles. The monoisotopic (exact) mass is 163 g/mol. The summed E-state index contributed by atoms with van der Waals surface area (Å²) in [5.74, 6) is 0. The van der Waals surface area contributed by atoms with Crippen LogP contribution in [0.2, 0.25) is 0 Å². The van der Waals surface area contributed by atoms with Crippen LogP contribution in [-0.4, -0.2) is 14.6 Å². The second kappa shape index (κ2) is 2.92. The first kappa shape index (κ1) is 7.27. The zero-order chi connectivity index (χ0) is 8.39. The van der Waals surface area contributed by atoms with Crippen molar-refractivity contribution in [2.75, 3.05) is 0 Å². The number of nitrogens with zero attached hydrogens (tertiary/aromatic N) is 2. The van der Waals surface area contributed by atoms with E-state index >= 15 is 0 Å². The maximum atomic E-state index is 8.45. The summed E-state index contributed by atoms with van der Waals surface area (Å²) in [4.78, 5) is 4.24. The van der Waals surface area contributed by atoms with Crippen LogP contribution >= 0.6 is 0 Å². The first-order valence-corrected chi connectivity index (χ1v) is 3.70. The number of fused-ring (bicyclic) bond motifs is 1. The van der Waals surface area contributed by atoms with Crippen molar-refractivity contribution in [2.24, 2.45) is 0 Å². The highest BCUT2D eigenvalue weighted by Gasteiger charge is 1.97. The van der Waals surface area contributed by atoms with Crippen LogP contribution in [0.5, 0.6) is 0 Å². The second-order valence-electron chi connectivity index (χ2n) is 2.53. The Morgan fingerprint density at radius 3 is 3.17 bits per heavy atom. The molecule has 0 saturated heterocycles. The molecular weight excluding hydrogens is 154 g/mol. The minimum absolute atomic E-state index is 0.377. The maximum Gasteiger partial charge on any atom is 0.137 e. The number of nitrogens with one attached hydrogen (secondary N) is 1. The predicted octanol–water partition coefficient (Wildman–Crippen LogP) is 0.813. The van der Waals surface area contributed by atoms with Crippen LogP contribution in [0.3, 0.4) is 0 Å². The molecule has 2 heterocycles. The SMILES string of the molecule is ONCc1cn2ccccc2n1. The second-order valence-corrected chi connectivity index (χ2v) is 2.53. The minimum Gasteiger partial charge on any atom is -0.316 e. The van der Waals surface area contributed by atoms with Crippen LogP contribution in [0.15, 0.2) is 30.6 Å². The van der Waals surface area contributed by atoms with E-state index in [-0.39, 0.29) is 0 Å². The lowest BCUT2D eigenvalue weighted by Crippen LogP contribution is -2.05. The fourth-order valence-electron chi connectivity index (χ4n) is 1.15. The minimum atomic E-state index is 0.377. The molecule has 2 aromatic rings. The molecule has 4 nitrogen and oxygen atoms in total. The van der Waals surface area contributed by atoms with E-state index in [1.165, 1.54) is 0 Å². The molecule has 0 bridgehead atoms.